The van der Waals surface area contributed by atoms with Gasteiger partial charge >= 0.3 is 0 Å². The molecule has 8 aromatic carbocycles. The fourth-order valence-electron chi connectivity index (χ4n) is 8.79. The molecule has 9 aromatic rings. The van der Waals surface area contributed by atoms with Crippen LogP contribution in [0.1, 0.15) is 22.3 Å². The number of nitrogens with two attached hydrogens (primary N) is 1. The van der Waals surface area contributed by atoms with Crippen molar-refractivity contribution in [1.29, 1.82) is 0 Å². The zero-order valence-corrected chi connectivity index (χ0v) is 30.8. The molecule has 11 rings (SSSR count). The summed E-state index contributed by atoms with van der Waals surface area (Å²) in [4.78, 5) is 14.8. The van der Waals surface area contributed by atoms with Gasteiger partial charge in [0, 0.05) is 33.5 Å². The smallest absolute Gasteiger partial charge is 0.164 e. The van der Waals surface area contributed by atoms with Crippen LogP contribution < -0.4 is 10.5 Å². The number of ether oxygens (including phenoxy) is 1. The number of hydrogen-bond acceptors (Lipinski definition) is 5. The number of aromatic nitrogens is 3. The monoisotopic (exact) mass is 730 g/mol. The predicted molar refractivity (Wildman–Crippen MR) is 229 cm³/mol. The molecule has 0 amide bonds. The number of anilines is 1. The molecule has 57 heavy (non-hydrogen) atoms. The van der Waals surface area contributed by atoms with Crippen LogP contribution in [0.5, 0.6) is 11.5 Å². The van der Waals surface area contributed by atoms with Crippen LogP contribution >= 0.6 is 0 Å². The van der Waals surface area contributed by atoms with Crippen LogP contribution in [0.3, 0.4) is 0 Å². The Morgan fingerprint density at radius 3 is 1.42 bits per heavy atom. The first kappa shape index (κ1) is 32.8. The quantitative estimate of drug-likeness (QED) is 0.178. The highest BCUT2D eigenvalue weighted by Crippen LogP contribution is 2.63. The SMILES string of the molecule is Nc1ccc(-c2cccc3c2-c2cc(-c4ccc(-c5nc(-c6ccccc6)nc(-c6ccccc6)n5)cc4)ccc2C32c3ccccc3Oc3ccccc32)cc1. The number of para-hydroxylation sites is 2. The molecule has 5 heteroatoms. The van der Waals surface area contributed by atoms with E-state index in [0.29, 0.717) is 17.5 Å². The number of nitrogen functional groups attached to an aromatic ring is 1. The molecule has 268 valence electrons. The van der Waals surface area contributed by atoms with Crippen molar-refractivity contribution in [2.75, 3.05) is 5.73 Å². The minimum Gasteiger partial charge on any atom is -0.457 e. The summed E-state index contributed by atoms with van der Waals surface area (Å²) < 4.78 is 6.60. The molecule has 1 aliphatic carbocycles. The van der Waals surface area contributed by atoms with Gasteiger partial charge in [0.1, 0.15) is 11.5 Å². The van der Waals surface area contributed by atoms with Crippen molar-refractivity contribution in [3.63, 3.8) is 0 Å². The molecule has 2 heterocycles. The second kappa shape index (κ2) is 13.0. The van der Waals surface area contributed by atoms with Crippen molar-refractivity contribution < 1.29 is 4.74 Å². The molecule has 0 unspecified atom stereocenters. The number of rotatable bonds is 5. The fraction of sp³-hybridized carbons (Fsp3) is 0.0192. The van der Waals surface area contributed by atoms with Gasteiger partial charge in [0.05, 0.1) is 5.41 Å². The minimum atomic E-state index is -0.575. The van der Waals surface area contributed by atoms with Crippen molar-refractivity contribution in [3.8, 4) is 79.0 Å². The molecule has 1 aliphatic heterocycles. The van der Waals surface area contributed by atoms with Gasteiger partial charge < -0.3 is 10.5 Å². The summed E-state index contributed by atoms with van der Waals surface area (Å²) in [5, 5.41) is 0. The van der Waals surface area contributed by atoms with E-state index in [2.05, 4.69) is 121 Å². The summed E-state index contributed by atoms with van der Waals surface area (Å²) in [7, 11) is 0. The third-order valence-electron chi connectivity index (χ3n) is 11.4. The van der Waals surface area contributed by atoms with E-state index in [9.17, 15) is 0 Å². The van der Waals surface area contributed by atoms with Gasteiger partial charge in [-0.3, -0.25) is 0 Å². The second-order valence-electron chi connectivity index (χ2n) is 14.6. The molecular weight excluding hydrogens is 697 g/mol. The second-order valence-corrected chi connectivity index (χ2v) is 14.6. The van der Waals surface area contributed by atoms with Crippen LogP contribution in [0.15, 0.2) is 194 Å². The number of hydrogen-bond donors (Lipinski definition) is 1. The van der Waals surface area contributed by atoms with Gasteiger partial charge in [-0.15, -0.1) is 0 Å². The standard InChI is InChI=1S/C52H34N4O/c53-39-29-26-34(27-30-39)40-16-11-19-45-48(40)41-32-38(28-31-42(41)52(45)43-17-7-9-20-46(43)57-47-21-10-8-18-44(47)52)33-22-24-37(25-23-33)51-55-49(35-12-3-1-4-13-35)54-50(56-51)36-14-5-2-6-15-36/h1-32H,53H2. The van der Waals surface area contributed by atoms with E-state index in [1.165, 1.54) is 22.3 Å². The molecule has 0 fully saturated rings. The molecule has 0 radical (unpaired) electrons. The van der Waals surface area contributed by atoms with E-state index in [1.54, 1.807) is 0 Å². The molecule has 0 saturated heterocycles. The van der Waals surface area contributed by atoms with E-state index in [-0.39, 0.29) is 0 Å². The van der Waals surface area contributed by atoms with E-state index in [1.807, 2.05) is 72.8 Å². The normalized spacial score (nSPS) is 12.9. The van der Waals surface area contributed by atoms with Crippen LogP contribution in [0.25, 0.3) is 67.5 Å². The largest absolute Gasteiger partial charge is 0.457 e. The first-order valence-corrected chi connectivity index (χ1v) is 19.1. The third kappa shape index (κ3) is 5.20. The van der Waals surface area contributed by atoms with E-state index >= 15 is 0 Å². The minimum absolute atomic E-state index is 0.575. The molecule has 0 bridgehead atoms. The molecule has 5 nitrogen and oxygen atoms in total. The van der Waals surface area contributed by atoms with Gasteiger partial charge in [-0.25, -0.2) is 15.0 Å². The summed E-state index contributed by atoms with van der Waals surface area (Å²) in [5.74, 6) is 3.66. The molecular formula is C52H34N4O. The Morgan fingerprint density at radius 1 is 0.351 bits per heavy atom. The lowest BCUT2D eigenvalue weighted by Crippen LogP contribution is -2.32. The summed E-state index contributed by atoms with van der Waals surface area (Å²) in [5.41, 5.74) is 20.8. The van der Waals surface area contributed by atoms with Crippen molar-refractivity contribution in [1.82, 2.24) is 15.0 Å². The maximum Gasteiger partial charge on any atom is 0.164 e. The van der Waals surface area contributed by atoms with Crippen LogP contribution in [0.2, 0.25) is 0 Å². The first-order chi connectivity index (χ1) is 28.1. The van der Waals surface area contributed by atoms with Crippen LogP contribution in [0, 0.1) is 0 Å². The van der Waals surface area contributed by atoms with Crippen LogP contribution in [-0.4, -0.2) is 15.0 Å². The van der Waals surface area contributed by atoms with Gasteiger partial charge in [-0.2, -0.15) is 0 Å². The summed E-state index contributed by atoms with van der Waals surface area (Å²) in [6, 6.07) is 67.5. The highest BCUT2D eigenvalue weighted by molar-refractivity contribution is 5.98. The van der Waals surface area contributed by atoms with Crippen molar-refractivity contribution >= 4 is 5.69 Å². The molecule has 0 saturated carbocycles. The van der Waals surface area contributed by atoms with Gasteiger partial charge in [0.2, 0.25) is 0 Å². The predicted octanol–water partition coefficient (Wildman–Crippen LogP) is 12.3. The number of nitrogens with zero attached hydrogens (tertiary/aromatic N) is 3. The lowest BCUT2D eigenvalue weighted by atomic mass is 9.66. The Labute approximate surface area is 330 Å². The lowest BCUT2D eigenvalue weighted by molar-refractivity contribution is 0.436. The van der Waals surface area contributed by atoms with E-state index < -0.39 is 5.41 Å². The highest BCUT2D eigenvalue weighted by Gasteiger charge is 2.51. The van der Waals surface area contributed by atoms with Gasteiger partial charge in [-0.05, 0) is 74.8 Å². The zero-order chi connectivity index (χ0) is 37.9. The maximum absolute atomic E-state index is 6.60. The Kier molecular flexibility index (Phi) is 7.47. The van der Waals surface area contributed by atoms with Crippen molar-refractivity contribution in [2.24, 2.45) is 0 Å². The Morgan fingerprint density at radius 2 is 0.825 bits per heavy atom. The molecule has 0 atom stereocenters. The number of benzene rings is 8. The Bertz CT molecular complexity index is 2880. The molecule has 2 aliphatic rings. The molecule has 1 spiro atoms. The summed E-state index contributed by atoms with van der Waals surface area (Å²) in [6.45, 7) is 0. The first-order valence-electron chi connectivity index (χ1n) is 19.1. The zero-order valence-electron chi connectivity index (χ0n) is 30.8. The van der Waals surface area contributed by atoms with E-state index in [4.69, 9.17) is 25.4 Å². The van der Waals surface area contributed by atoms with Crippen molar-refractivity contribution in [2.45, 2.75) is 5.41 Å². The lowest BCUT2D eigenvalue weighted by Gasteiger charge is -2.39. The molecule has 2 N–H and O–H groups in total. The van der Waals surface area contributed by atoms with E-state index in [0.717, 1.165) is 67.3 Å². The van der Waals surface area contributed by atoms with Crippen molar-refractivity contribution in [3.05, 3.63) is 216 Å². The van der Waals surface area contributed by atoms with Gasteiger partial charge in [0.25, 0.3) is 0 Å². The summed E-state index contributed by atoms with van der Waals surface area (Å²) >= 11 is 0. The average molecular weight is 731 g/mol. The fourth-order valence-corrected chi connectivity index (χ4v) is 8.79. The number of fused-ring (bicyclic) bond motifs is 9. The average Bonchev–Trinajstić information content (AvgIpc) is 3.57. The molecule has 1 aromatic heterocycles. The van der Waals surface area contributed by atoms with Crippen LogP contribution in [0.4, 0.5) is 5.69 Å². The third-order valence-corrected chi connectivity index (χ3v) is 11.4. The maximum atomic E-state index is 6.60. The topological polar surface area (TPSA) is 73.9 Å². The summed E-state index contributed by atoms with van der Waals surface area (Å²) in [6.07, 6.45) is 0. The van der Waals surface area contributed by atoms with Crippen LogP contribution in [-0.2, 0) is 5.41 Å². The van der Waals surface area contributed by atoms with Gasteiger partial charge in [0.15, 0.2) is 17.5 Å². The highest BCUT2D eigenvalue weighted by atomic mass is 16.5. The Balaban J connectivity index is 1.08. The van der Waals surface area contributed by atoms with Gasteiger partial charge in [-0.1, -0.05) is 164 Å². The Hall–Kier alpha value is -7.63.